The van der Waals surface area contributed by atoms with E-state index < -0.39 is 50.1 Å². The lowest BCUT2D eigenvalue weighted by molar-refractivity contribution is 0.0000218. The van der Waals surface area contributed by atoms with Gasteiger partial charge in [0.1, 0.15) is 36.9 Å². The van der Waals surface area contributed by atoms with Gasteiger partial charge in [0.05, 0.1) is 0 Å². The summed E-state index contributed by atoms with van der Waals surface area (Å²) >= 11 is 0. The van der Waals surface area contributed by atoms with Crippen molar-refractivity contribution in [3.05, 3.63) is 0 Å². The molecule has 11 heteroatoms. The third kappa shape index (κ3) is 3.54. The van der Waals surface area contributed by atoms with E-state index in [9.17, 15) is 21.6 Å². The highest BCUT2D eigenvalue weighted by molar-refractivity contribution is 7.87. The van der Waals surface area contributed by atoms with E-state index in [2.05, 4.69) is 17.8 Å². The molecule has 2 atom stereocenters. The zero-order chi connectivity index (χ0) is 13.4. The summed E-state index contributed by atoms with van der Waals surface area (Å²) in [6.07, 6.45) is -3.03. The van der Waals surface area contributed by atoms with Gasteiger partial charge in [-0.3, -0.25) is 8.37 Å². The van der Waals surface area contributed by atoms with Gasteiger partial charge in [-0.25, -0.2) is 4.79 Å². The van der Waals surface area contributed by atoms with Gasteiger partial charge in [0.15, 0.2) is 0 Å². The van der Waals surface area contributed by atoms with E-state index >= 15 is 0 Å². The van der Waals surface area contributed by atoms with E-state index in [0.29, 0.717) is 0 Å². The Hall–Kier alpha value is -0.910. The second-order valence-corrected chi connectivity index (χ2v) is 7.12. The Kier molecular flexibility index (Phi) is 3.49. The largest absolute Gasteiger partial charge is 0.509 e. The lowest BCUT2D eigenvalue weighted by atomic mass is 10.4. The normalized spacial score (nSPS) is 33.1. The van der Waals surface area contributed by atoms with E-state index in [1.807, 2.05) is 0 Å². The van der Waals surface area contributed by atoms with Crippen molar-refractivity contribution in [1.82, 2.24) is 0 Å². The van der Waals surface area contributed by atoms with Gasteiger partial charge >= 0.3 is 6.16 Å². The molecule has 0 aromatic carbocycles. The second-order valence-electron chi connectivity index (χ2n) is 3.75. The summed E-state index contributed by atoms with van der Waals surface area (Å²) < 4.78 is 61.7. The van der Waals surface area contributed by atoms with Crippen LogP contribution < -0.4 is 0 Å². The van der Waals surface area contributed by atoms with Crippen LogP contribution in [0.15, 0.2) is 0 Å². The molecule has 0 spiro atoms. The van der Waals surface area contributed by atoms with Gasteiger partial charge in [-0.05, 0) is 0 Å². The van der Waals surface area contributed by atoms with E-state index in [1.165, 1.54) is 0 Å². The highest BCUT2D eigenvalue weighted by atomic mass is 32.2. The minimum atomic E-state index is -3.64. The summed E-state index contributed by atoms with van der Waals surface area (Å²) in [6.45, 7) is -0.534. The molecule has 2 saturated heterocycles. The van der Waals surface area contributed by atoms with Gasteiger partial charge in [-0.15, -0.1) is 0 Å². The zero-order valence-electron chi connectivity index (χ0n) is 8.97. The predicted molar refractivity (Wildman–Crippen MR) is 54.6 cm³/mol. The second kappa shape index (κ2) is 4.64. The Balaban J connectivity index is 1.80. The molecule has 0 aromatic rings. The summed E-state index contributed by atoms with van der Waals surface area (Å²) in [5.41, 5.74) is 0. The fourth-order valence-electron chi connectivity index (χ4n) is 1.44. The quantitative estimate of drug-likeness (QED) is 0.447. The van der Waals surface area contributed by atoms with Crippen LogP contribution in [0.4, 0.5) is 4.79 Å². The first kappa shape index (κ1) is 13.5. The topological polar surface area (TPSA) is 122 Å². The molecule has 0 aromatic heterocycles. The fraction of sp³-hybridized carbons (Fsp3) is 0.857. The third-order valence-electron chi connectivity index (χ3n) is 2.17. The summed E-state index contributed by atoms with van der Waals surface area (Å²) in [5.74, 6) is -0.886. The first-order valence-corrected chi connectivity index (χ1v) is 8.03. The van der Waals surface area contributed by atoms with E-state index in [4.69, 9.17) is 0 Å². The summed E-state index contributed by atoms with van der Waals surface area (Å²) in [6, 6.07) is 0. The Morgan fingerprint density at radius 3 is 1.56 bits per heavy atom. The predicted octanol–water partition coefficient (Wildman–Crippen LogP) is -1.40. The summed E-state index contributed by atoms with van der Waals surface area (Å²) in [4.78, 5) is 11.2. The monoisotopic (exact) mass is 302 g/mol. The van der Waals surface area contributed by atoms with Crippen molar-refractivity contribution in [1.29, 1.82) is 0 Å². The molecule has 0 bridgehead atoms. The number of carbonyl (C=O) groups is 1. The Morgan fingerprint density at radius 1 is 0.889 bits per heavy atom. The van der Waals surface area contributed by atoms with Gasteiger partial charge in [-0.1, -0.05) is 0 Å². The van der Waals surface area contributed by atoms with Crippen LogP contribution in [0, 0.1) is 0 Å². The molecule has 2 aliphatic rings. The maximum atomic E-state index is 11.2. The molecule has 0 radical (unpaired) electrons. The average Bonchev–Trinajstić information content (AvgIpc) is 2.69. The van der Waals surface area contributed by atoms with Crippen LogP contribution in [0.3, 0.4) is 0 Å². The maximum Gasteiger partial charge on any atom is 0.509 e. The number of rotatable bonds is 2. The van der Waals surface area contributed by atoms with Crippen molar-refractivity contribution < 1.29 is 39.5 Å². The van der Waals surface area contributed by atoms with Crippen LogP contribution in [-0.2, 0) is 38.1 Å². The zero-order valence-corrected chi connectivity index (χ0v) is 10.6. The lowest BCUT2D eigenvalue weighted by Gasteiger charge is -2.11. The third-order valence-corrected chi connectivity index (χ3v) is 4.72. The van der Waals surface area contributed by atoms with Crippen molar-refractivity contribution in [2.75, 3.05) is 24.7 Å². The molecule has 104 valence electrons. The van der Waals surface area contributed by atoms with Crippen molar-refractivity contribution in [2.24, 2.45) is 0 Å². The molecule has 2 unspecified atom stereocenters. The van der Waals surface area contributed by atoms with Gasteiger partial charge < -0.3 is 9.47 Å². The molecule has 2 heterocycles. The molecule has 9 nitrogen and oxygen atoms in total. The molecule has 2 aliphatic heterocycles. The summed E-state index contributed by atoms with van der Waals surface area (Å²) in [5, 5.41) is 0. The minimum absolute atomic E-state index is 0.267. The number of hydrogen-bond donors (Lipinski definition) is 0. The van der Waals surface area contributed by atoms with Crippen LogP contribution in [-0.4, -0.2) is 59.9 Å². The van der Waals surface area contributed by atoms with E-state index in [0.717, 1.165) is 0 Å². The molecular formula is C7H10O9S2. The molecule has 2 fully saturated rings. The Labute approximate surface area is 103 Å². The first-order chi connectivity index (χ1) is 8.26. The molecule has 18 heavy (non-hydrogen) atoms. The molecule has 2 rings (SSSR count). The van der Waals surface area contributed by atoms with Gasteiger partial charge in [0, 0.05) is 0 Å². The maximum absolute atomic E-state index is 11.2. The van der Waals surface area contributed by atoms with Crippen molar-refractivity contribution in [2.45, 2.75) is 12.2 Å². The van der Waals surface area contributed by atoms with Crippen molar-refractivity contribution in [3.63, 3.8) is 0 Å². The SMILES string of the molecule is O=C(OC1COS(=O)(=O)C1)OC1COS(=O)(=O)C1. The standard InChI is InChI=1S/C7H10O9S2/c8-7(15-5-1-13-17(9,10)3-5)16-6-2-14-18(11,12)4-6/h5-6H,1-4H2. The summed E-state index contributed by atoms with van der Waals surface area (Å²) in [7, 11) is -7.28. The highest BCUT2D eigenvalue weighted by Gasteiger charge is 2.35. The molecule has 0 amide bonds. The van der Waals surface area contributed by atoms with E-state index in [1.54, 1.807) is 0 Å². The smallest absolute Gasteiger partial charge is 0.427 e. The van der Waals surface area contributed by atoms with Crippen LogP contribution in [0.2, 0.25) is 0 Å². The first-order valence-electron chi connectivity index (χ1n) is 4.87. The van der Waals surface area contributed by atoms with E-state index in [-0.39, 0.29) is 13.2 Å². The fourth-order valence-corrected chi connectivity index (χ4v) is 3.59. The Bertz CT molecular complexity index is 485. The minimum Gasteiger partial charge on any atom is -0.427 e. The van der Waals surface area contributed by atoms with Crippen LogP contribution in [0.1, 0.15) is 0 Å². The average molecular weight is 302 g/mol. The molecule has 0 saturated carbocycles. The number of ether oxygens (including phenoxy) is 2. The van der Waals surface area contributed by atoms with Gasteiger partial charge in [-0.2, -0.15) is 16.8 Å². The number of hydrogen-bond acceptors (Lipinski definition) is 9. The molecule has 0 aliphatic carbocycles. The Morgan fingerprint density at radius 2 is 1.28 bits per heavy atom. The highest BCUT2D eigenvalue weighted by Crippen LogP contribution is 2.15. The van der Waals surface area contributed by atoms with Gasteiger partial charge in [0.25, 0.3) is 20.2 Å². The van der Waals surface area contributed by atoms with Crippen LogP contribution in [0.5, 0.6) is 0 Å². The molecule has 0 N–H and O–H groups in total. The van der Waals surface area contributed by atoms with Crippen LogP contribution in [0.25, 0.3) is 0 Å². The number of carbonyl (C=O) groups excluding carboxylic acids is 1. The molecular weight excluding hydrogens is 292 g/mol. The van der Waals surface area contributed by atoms with Crippen LogP contribution >= 0.6 is 0 Å². The van der Waals surface area contributed by atoms with Crippen molar-refractivity contribution >= 4 is 26.4 Å². The van der Waals surface area contributed by atoms with Crippen molar-refractivity contribution in [3.8, 4) is 0 Å². The lowest BCUT2D eigenvalue weighted by Crippen LogP contribution is -2.27. The van der Waals surface area contributed by atoms with Gasteiger partial charge in [0.2, 0.25) is 0 Å².